The molecule has 0 aliphatic carbocycles. The van der Waals surface area contributed by atoms with Crippen LogP contribution in [0, 0.1) is 6.92 Å². The number of benzene rings is 1. The summed E-state index contributed by atoms with van der Waals surface area (Å²) in [6, 6.07) is 8.11. The maximum Gasteiger partial charge on any atom is 0.271 e. The molecule has 0 radical (unpaired) electrons. The van der Waals surface area contributed by atoms with Gasteiger partial charge in [0.2, 0.25) is 10.0 Å². The first kappa shape index (κ1) is 16.3. The zero-order valence-electron chi connectivity index (χ0n) is 12.4. The monoisotopic (exact) mass is 372 g/mol. The molecule has 0 saturated carbocycles. The fourth-order valence-corrected chi connectivity index (χ4v) is 6.13. The van der Waals surface area contributed by atoms with Crippen molar-refractivity contribution in [3.05, 3.63) is 41.3 Å². The van der Waals surface area contributed by atoms with Crippen LogP contribution in [0.2, 0.25) is 0 Å². The number of hydrogen-bond acceptors (Lipinski definition) is 5. The first-order valence-electron chi connectivity index (χ1n) is 6.97. The standard InChI is InChI=1S/C14H16N2O4S3/c1-11-5-6-12(15-23(19,20)14-4-2-8-21-14)10-13(11)16-7-3-9-22(16,17)18/h2,4-6,8,10,15H,3,7,9H2,1H3. The summed E-state index contributed by atoms with van der Waals surface area (Å²) in [5.74, 6) is 0.123. The predicted octanol–water partition coefficient (Wildman–Crippen LogP) is 2.40. The highest BCUT2D eigenvalue weighted by Gasteiger charge is 2.29. The Balaban J connectivity index is 1.95. The highest BCUT2D eigenvalue weighted by molar-refractivity contribution is 7.94. The van der Waals surface area contributed by atoms with Crippen LogP contribution in [-0.4, -0.2) is 29.1 Å². The Kier molecular flexibility index (Phi) is 4.11. The van der Waals surface area contributed by atoms with Gasteiger partial charge in [-0.25, -0.2) is 16.8 Å². The topological polar surface area (TPSA) is 83.6 Å². The van der Waals surface area contributed by atoms with E-state index < -0.39 is 20.0 Å². The van der Waals surface area contributed by atoms with Gasteiger partial charge in [0.1, 0.15) is 4.21 Å². The first-order valence-corrected chi connectivity index (χ1v) is 10.9. The fourth-order valence-electron chi connectivity index (χ4n) is 2.47. The van der Waals surface area contributed by atoms with Gasteiger partial charge < -0.3 is 0 Å². The molecule has 6 nitrogen and oxygen atoms in total. The molecule has 1 aliphatic heterocycles. The molecular weight excluding hydrogens is 356 g/mol. The van der Waals surface area contributed by atoms with Gasteiger partial charge in [-0.1, -0.05) is 12.1 Å². The Morgan fingerprint density at radius 1 is 1.26 bits per heavy atom. The summed E-state index contributed by atoms with van der Waals surface area (Å²) in [7, 11) is -6.96. The number of aryl methyl sites for hydroxylation is 1. The van der Waals surface area contributed by atoms with E-state index in [1.54, 1.807) is 36.6 Å². The number of anilines is 2. The van der Waals surface area contributed by atoms with Crippen LogP contribution in [0.3, 0.4) is 0 Å². The van der Waals surface area contributed by atoms with Crippen molar-refractivity contribution in [2.75, 3.05) is 21.3 Å². The Morgan fingerprint density at radius 3 is 2.65 bits per heavy atom. The summed E-state index contributed by atoms with van der Waals surface area (Å²) in [6.07, 6.45) is 0.576. The molecule has 1 aromatic heterocycles. The number of nitrogens with one attached hydrogen (secondary N) is 1. The number of thiophene rings is 1. The second-order valence-electron chi connectivity index (χ2n) is 5.28. The smallest absolute Gasteiger partial charge is 0.271 e. The molecule has 0 bridgehead atoms. The molecule has 1 saturated heterocycles. The summed E-state index contributed by atoms with van der Waals surface area (Å²) >= 11 is 1.12. The zero-order valence-corrected chi connectivity index (χ0v) is 14.8. The van der Waals surface area contributed by atoms with Crippen LogP contribution >= 0.6 is 11.3 Å². The van der Waals surface area contributed by atoms with E-state index in [1.807, 2.05) is 0 Å². The summed E-state index contributed by atoms with van der Waals surface area (Å²) in [6.45, 7) is 2.23. The van der Waals surface area contributed by atoms with Gasteiger partial charge >= 0.3 is 0 Å². The van der Waals surface area contributed by atoms with E-state index in [2.05, 4.69) is 4.72 Å². The van der Waals surface area contributed by atoms with Gasteiger partial charge in [-0.2, -0.15) is 0 Å². The van der Waals surface area contributed by atoms with Gasteiger partial charge in [-0.05, 0) is 42.5 Å². The molecule has 1 fully saturated rings. The SMILES string of the molecule is Cc1ccc(NS(=O)(=O)c2cccs2)cc1N1CCCS1(=O)=O. The quantitative estimate of drug-likeness (QED) is 0.893. The van der Waals surface area contributed by atoms with Gasteiger partial charge in [0.25, 0.3) is 10.0 Å². The molecule has 0 unspecified atom stereocenters. The molecule has 2 heterocycles. The lowest BCUT2D eigenvalue weighted by Crippen LogP contribution is -2.26. The van der Waals surface area contributed by atoms with Crippen LogP contribution in [0.4, 0.5) is 11.4 Å². The molecular formula is C14H16N2O4S3. The van der Waals surface area contributed by atoms with Crippen LogP contribution in [0.5, 0.6) is 0 Å². The van der Waals surface area contributed by atoms with Crippen molar-refractivity contribution in [2.45, 2.75) is 17.6 Å². The maximum atomic E-state index is 12.3. The van der Waals surface area contributed by atoms with E-state index in [1.165, 1.54) is 10.4 Å². The van der Waals surface area contributed by atoms with Crippen LogP contribution < -0.4 is 9.03 Å². The lowest BCUT2D eigenvalue weighted by molar-refractivity contribution is 0.599. The lowest BCUT2D eigenvalue weighted by atomic mass is 10.2. The molecule has 0 atom stereocenters. The van der Waals surface area contributed by atoms with Crippen LogP contribution in [0.1, 0.15) is 12.0 Å². The van der Waals surface area contributed by atoms with Crippen molar-refractivity contribution in [1.82, 2.24) is 0 Å². The molecule has 124 valence electrons. The third-order valence-corrected chi connectivity index (χ3v) is 8.22. The third kappa shape index (κ3) is 3.22. The first-order chi connectivity index (χ1) is 10.8. The van der Waals surface area contributed by atoms with Crippen molar-refractivity contribution < 1.29 is 16.8 Å². The lowest BCUT2D eigenvalue weighted by Gasteiger charge is -2.20. The predicted molar refractivity (Wildman–Crippen MR) is 92.1 cm³/mol. The van der Waals surface area contributed by atoms with Crippen LogP contribution in [0.25, 0.3) is 0 Å². The minimum Gasteiger partial charge on any atom is -0.279 e. The number of hydrogen-bond donors (Lipinski definition) is 1. The minimum absolute atomic E-state index is 0.123. The van der Waals surface area contributed by atoms with Crippen molar-refractivity contribution in [3.8, 4) is 0 Å². The second kappa shape index (κ2) is 5.81. The number of sulfonamides is 2. The molecule has 1 aliphatic rings. The summed E-state index contributed by atoms with van der Waals surface area (Å²) in [5.41, 5.74) is 1.66. The van der Waals surface area contributed by atoms with Crippen molar-refractivity contribution >= 4 is 42.8 Å². The molecule has 1 aromatic carbocycles. The van der Waals surface area contributed by atoms with Crippen molar-refractivity contribution in [3.63, 3.8) is 0 Å². The van der Waals surface area contributed by atoms with E-state index in [0.29, 0.717) is 24.3 Å². The molecule has 0 amide bonds. The number of rotatable bonds is 4. The molecule has 1 N–H and O–H groups in total. The molecule has 3 rings (SSSR count). The third-order valence-electron chi connectivity index (χ3n) is 3.59. The van der Waals surface area contributed by atoms with Crippen LogP contribution in [-0.2, 0) is 20.0 Å². The highest BCUT2D eigenvalue weighted by Crippen LogP contribution is 2.31. The Hall–Kier alpha value is -1.58. The van der Waals surface area contributed by atoms with Gasteiger partial charge in [0.15, 0.2) is 0 Å². The van der Waals surface area contributed by atoms with E-state index in [9.17, 15) is 16.8 Å². The second-order valence-corrected chi connectivity index (χ2v) is 10.2. The summed E-state index contributed by atoms with van der Waals surface area (Å²) in [5, 5.41) is 1.69. The molecule has 2 aromatic rings. The van der Waals surface area contributed by atoms with Gasteiger partial charge in [0, 0.05) is 6.54 Å². The zero-order chi connectivity index (χ0) is 16.7. The molecule has 9 heteroatoms. The van der Waals surface area contributed by atoms with Gasteiger partial charge in [-0.15, -0.1) is 11.3 Å². The van der Waals surface area contributed by atoms with Crippen molar-refractivity contribution in [2.24, 2.45) is 0 Å². The van der Waals surface area contributed by atoms with Gasteiger partial charge in [0.05, 0.1) is 17.1 Å². The largest absolute Gasteiger partial charge is 0.279 e. The van der Waals surface area contributed by atoms with Crippen molar-refractivity contribution in [1.29, 1.82) is 0 Å². The summed E-state index contributed by atoms with van der Waals surface area (Å²) < 4.78 is 52.8. The normalized spacial score (nSPS) is 17.3. The average molecular weight is 372 g/mol. The molecule has 23 heavy (non-hydrogen) atoms. The highest BCUT2D eigenvalue weighted by atomic mass is 32.2. The van der Waals surface area contributed by atoms with E-state index >= 15 is 0 Å². The maximum absolute atomic E-state index is 12.3. The van der Waals surface area contributed by atoms with E-state index in [0.717, 1.165) is 16.9 Å². The fraction of sp³-hybridized carbons (Fsp3) is 0.286. The van der Waals surface area contributed by atoms with Crippen LogP contribution in [0.15, 0.2) is 39.9 Å². The Labute approximate surface area is 139 Å². The Morgan fingerprint density at radius 2 is 2.04 bits per heavy atom. The summed E-state index contributed by atoms with van der Waals surface area (Å²) in [4.78, 5) is 0. The Bertz CT molecular complexity index is 919. The van der Waals surface area contributed by atoms with E-state index in [-0.39, 0.29) is 9.96 Å². The minimum atomic E-state index is -3.65. The number of nitrogens with zero attached hydrogens (tertiary/aromatic N) is 1. The van der Waals surface area contributed by atoms with Gasteiger partial charge in [-0.3, -0.25) is 9.03 Å². The molecule has 0 spiro atoms. The van der Waals surface area contributed by atoms with E-state index in [4.69, 9.17) is 0 Å². The average Bonchev–Trinajstić information content (AvgIpc) is 3.10.